The molecule has 0 fully saturated rings. The molecule has 1 atom stereocenters. The highest BCUT2D eigenvalue weighted by Gasteiger charge is 2.18. The van der Waals surface area contributed by atoms with Crippen LogP contribution in [-0.4, -0.2) is 39.7 Å². The topological polar surface area (TPSA) is 122 Å². The Morgan fingerprint density at radius 3 is 2.58 bits per heavy atom. The summed E-state index contributed by atoms with van der Waals surface area (Å²) in [7, 11) is 0. The number of carbonyl (C=O) groups is 3. The lowest BCUT2D eigenvalue weighted by Gasteiger charge is -2.12. The molecule has 0 radical (unpaired) electrons. The third-order valence-corrected chi connectivity index (χ3v) is 3.13. The Morgan fingerprint density at radius 2 is 2.16 bits per heavy atom. The molecule has 0 spiro atoms. The zero-order valence-electron chi connectivity index (χ0n) is 10.1. The second-order valence-electron chi connectivity index (χ2n) is 3.65. The van der Waals surface area contributed by atoms with E-state index in [-0.39, 0.29) is 11.3 Å². The number of nitrogens with one attached hydrogen (secondary N) is 1. The first-order chi connectivity index (χ1) is 8.90. The van der Waals surface area contributed by atoms with Crippen LogP contribution >= 0.6 is 11.8 Å². The molecule has 0 aromatic carbocycles. The number of nitrogens with zero attached hydrogens (tertiary/aromatic N) is 1. The highest BCUT2D eigenvalue weighted by atomic mass is 32.2. The second-order valence-corrected chi connectivity index (χ2v) is 4.69. The SMILES string of the molecule is CC(=O)NC(CSc1ccc(C(N)=O)cn1)C(=O)O. The molecule has 102 valence electrons. The number of aliphatic carboxylic acids is 1. The van der Waals surface area contributed by atoms with Crippen LogP contribution in [0.4, 0.5) is 0 Å². The van der Waals surface area contributed by atoms with Gasteiger partial charge in [-0.1, -0.05) is 0 Å². The monoisotopic (exact) mass is 283 g/mol. The van der Waals surface area contributed by atoms with Gasteiger partial charge in [-0.2, -0.15) is 0 Å². The number of hydrogen-bond donors (Lipinski definition) is 3. The molecule has 0 aliphatic rings. The van der Waals surface area contributed by atoms with Gasteiger partial charge in [0.15, 0.2) is 0 Å². The Morgan fingerprint density at radius 1 is 1.47 bits per heavy atom. The number of carbonyl (C=O) groups excluding carboxylic acids is 2. The molecule has 2 amide bonds. The summed E-state index contributed by atoms with van der Waals surface area (Å²) in [5, 5.41) is 11.8. The lowest BCUT2D eigenvalue weighted by molar-refractivity contribution is -0.140. The molecule has 7 nitrogen and oxygen atoms in total. The van der Waals surface area contributed by atoms with E-state index in [2.05, 4.69) is 10.3 Å². The fourth-order valence-corrected chi connectivity index (χ4v) is 2.06. The minimum atomic E-state index is -1.11. The van der Waals surface area contributed by atoms with E-state index in [1.54, 1.807) is 6.07 Å². The molecule has 1 aromatic rings. The minimum absolute atomic E-state index is 0.137. The van der Waals surface area contributed by atoms with Crippen LogP contribution in [0.15, 0.2) is 23.4 Å². The van der Waals surface area contributed by atoms with E-state index in [4.69, 9.17) is 10.8 Å². The highest BCUT2D eigenvalue weighted by molar-refractivity contribution is 7.99. The van der Waals surface area contributed by atoms with Gasteiger partial charge in [0.1, 0.15) is 6.04 Å². The predicted molar refractivity (Wildman–Crippen MR) is 68.7 cm³/mol. The summed E-state index contributed by atoms with van der Waals surface area (Å²) in [6, 6.07) is 2.09. The average Bonchev–Trinajstić information content (AvgIpc) is 2.34. The smallest absolute Gasteiger partial charge is 0.327 e. The maximum Gasteiger partial charge on any atom is 0.327 e. The van der Waals surface area contributed by atoms with Crippen molar-refractivity contribution in [3.8, 4) is 0 Å². The van der Waals surface area contributed by atoms with Crippen LogP contribution in [0.5, 0.6) is 0 Å². The molecule has 1 aromatic heterocycles. The van der Waals surface area contributed by atoms with E-state index in [9.17, 15) is 14.4 Å². The van der Waals surface area contributed by atoms with Gasteiger partial charge in [0, 0.05) is 18.9 Å². The Kier molecular flexibility index (Phi) is 5.31. The fraction of sp³-hybridized carbons (Fsp3) is 0.273. The van der Waals surface area contributed by atoms with E-state index in [0.717, 1.165) is 11.8 Å². The number of nitrogens with two attached hydrogens (primary N) is 1. The lowest BCUT2D eigenvalue weighted by Crippen LogP contribution is -2.41. The highest BCUT2D eigenvalue weighted by Crippen LogP contribution is 2.16. The van der Waals surface area contributed by atoms with Gasteiger partial charge in [-0.15, -0.1) is 11.8 Å². The maximum atomic E-state index is 10.9. The van der Waals surface area contributed by atoms with Gasteiger partial charge < -0.3 is 16.2 Å². The second kappa shape index (κ2) is 6.74. The van der Waals surface area contributed by atoms with Gasteiger partial charge in [-0.05, 0) is 12.1 Å². The molecule has 0 aliphatic carbocycles. The van der Waals surface area contributed by atoms with Gasteiger partial charge in [-0.3, -0.25) is 9.59 Å². The molecule has 4 N–H and O–H groups in total. The molecule has 0 bridgehead atoms. The van der Waals surface area contributed by atoms with Crippen molar-refractivity contribution in [3.63, 3.8) is 0 Å². The summed E-state index contributed by atoms with van der Waals surface area (Å²) in [5.74, 6) is -1.97. The van der Waals surface area contributed by atoms with Gasteiger partial charge >= 0.3 is 5.97 Å². The normalized spacial score (nSPS) is 11.6. The average molecular weight is 283 g/mol. The van der Waals surface area contributed by atoms with Crippen LogP contribution in [0.25, 0.3) is 0 Å². The van der Waals surface area contributed by atoms with Crippen LogP contribution in [0.2, 0.25) is 0 Å². The summed E-state index contributed by atoms with van der Waals surface area (Å²) >= 11 is 1.16. The molecular weight excluding hydrogens is 270 g/mol. The van der Waals surface area contributed by atoms with Gasteiger partial charge in [0.25, 0.3) is 0 Å². The number of aromatic nitrogens is 1. The molecular formula is C11H13N3O4S. The number of pyridine rings is 1. The van der Waals surface area contributed by atoms with Gasteiger partial charge in [0.2, 0.25) is 11.8 Å². The first-order valence-electron chi connectivity index (χ1n) is 5.28. The van der Waals surface area contributed by atoms with Crippen molar-refractivity contribution < 1.29 is 19.5 Å². The fourth-order valence-electron chi connectivity index (χ4n) is 1.20. The Labute approximate surface area is 113 Å². The molecule has 1 heterocycles. The number of carboxylic acid groups (broad SMARTS) is 1. The van der Waals surface area contributed by atoms with E-state index in [0.29, 0.717) is 5.03 Å². The van der Waals surface area contributed by atoms with E-state index >= 15 is 0 Å². The van der Waals surface area contributed by atoms with E-state index in [1.165, 1.54) is 19.2 Å². The van der Waals surface area contributed by atoms with Crippen molar-refractivity contribution >= 4 is 29.5 Å². The van der Waals surface area contributed by atoms with Gasteiger partial charge in [0.05, 0.1) is 10.6 Å². The first-order valence-corrected chi connectivity index (χ1v) is 6.27. The van der Waals surface area contributed by atoms with Crippen molar-refractivity contribution in [2.24, 2.45) is 5.73 Å². The summed E-state index contributed by atoms with van der Waals surface area (Å²) in [4.78, 5) is 36.5. The molecule has 0 saturated carbocycles. The first kappa shape index (κ1) is 15.0. The molecule has 0 saturated heterocycles. The quantitative estimate of drug-likeness (QED) is 0.625. The molecule has 8 heteroatoms. The summed E-state index contributed by atoms with van der Waals surface area (Å²) in [5.41, 5.74) is 5.35. The Bertz CT molecular complexity index is 489. The predicted octanol–water partition coefficient (Wildman–Crippen LogP) is -0.138. The number of rotatable bonds is 6. The van der Waals surface area contributed by atoms with Crippen molar-refractivity contribution in [1.29, 1.82) is 0 Å². The number of primary amides is 1. The number of hydrogen-bond acceptors (Lipinski definition) is 5. The van der Waals surface area contributed by atoms with Crippen LogP contribution in [0, 0.1) is 0 Å². The Hall–Kier alpha value is -2.09. The number of amides is 2. The van der Waals surface area contributed by atoms with Gasteiger partial charge in [-0.25, -0.2) is 9.78 Å². The third-order valence-electron chi connectivity index (χ3n) is 2.09. The van der Waals surface area contributed by atoms with Crippen LogP contribution in [0.3, 0.4) is 0 Å². The van der Waals surface area contributed by atoms with E-state index in [1.807, 2.05) is 0 Å². The van der Waals surface area contributed by atoms with E-state index < -0.39 is 23.8 Å². The van der Waals surface area contributed by atoms with Crippen molar-refractivity contribution in [3.05, 3.63) is 23.9 Å². The van der Waals surface area contributed by atoms with Crippen LogP contribution in [-0.2, 0) is 9.59 Å². The van der Waals surface area contributed by atoms with Crippen LogP contribution < -0.4 is 11.1 Å². The molecule has 1 rings (SSSR count). The minimum Gasteiger partial charge on any atom is -0.480 e. The van der Waals surface area contributed by atoms with Crippen LogP contribution in [0.1, 0.15) is 17.3 Å². The Balaban J connectivity index is 2.61. The maximum absolute atomic E-state index is 10.9. The van der Waals surface area contributed by atoms with Crippen molar-refractivity contribution in [2.45, 2.75) is 18.0 Å². The number of carboxylic acids is 1. The lowest BCUT2D eigenvalue weighted by atomic mass is 10.3. The standard InChI is InChI=1S/C11H13N3O4S/c1-6(15)14-8(11(17)18)5-19-9-3-2-7(4-13-9)10(12)16/h2-4,8H,5H2,1H3,(H2,12,16)(H,14,15)(H,17,18). The van der Waals surface area contributed by atoms with Crippen molar-refractivity contribution in [1.82, 2.24) is 10.3 Å². The third kappa shape index (κ3) is 4.96. The van der Waals surface area contributed by atoms with Crippen molar-refractivity contribution in [2.75, 3.05) is 5.75 Å². The summed E-state index contributed by atoms with van der Waals surface area (Å²) < 4.78 is 0. The summed E-state index contributed by atoms with van der Waals surface area (Å²) in [6.07, 6.45) is 1.32. The molecule has 0 aliphatic heterocycles. The molecule has 19 heavy (non-hydrogen) atoms. The number of thioether (sulfide) groups is 1. The largest absolute Gasteiger partial charge is 0.480 e. The zero-order valence-corrected chi connectivity index (χ0v) is 10.9. The molecule has 1 unspecified atom stereocenters. The summed E-state index contributed by atoms with van der Waals surface area (Å²) in [6.45, 7) is 1.25. The zero-order chi connectivity index (χ0) is 14.4.